The summed E-state index contributed by atoms with van der Waals surface area (Å²) in [6.45, 7) is 7.49. The molecule has 0 unspecified atom stereocenters. The molecule has 3 rings (SSSR count). The van der Waals surface area contributed by atoms with Gasteiger partial charge in [0.25, 0.3) is 0 Å². The van der Waals surface area contributed by atoms with Gasteiger partial charge in [0.15, 0.2) is 0 Å². The molecule has 0 aliphatic heterocycles. The highest BCUT2D eigenvalue weighted by Crippen LogP contribution is 2.38. The van der Waals surface area contributed by atoms with Crippen LogP contribution >= 0.6 is 11.3 Å². The number of esters is 1. The molecular weight excluding hydrogens is 468 g/mol. The van der Waals surface area contributed by atoms with Gasteiger partial charge in [-0.15, -0.1) is 11.3 Å². The molecule has 1 aromatic heterocycles. The summed E-state index contributed by atoms with van der Waals surface area (Å²) in [7, 11) is -3.35. The standard InChI is InChI=1S/C26H28N2O4S2/c1-5-23-22(15-27)24(25(33-23)26(29)32-6-2)20-12-10-19(11-13-20)21-9-7-8-18(14-21)16-28-34(30,31)17(3)4/h7-14,17,28H,5-6,16H2,1-4H3. The average Bonchev–Trinajstić information content (AvgIpc) is 3.22. The van der Waals surface area contributed by atoms with E-state index in [-0.39, 0.29) is 13.2 Å². The van der Waals surface area contributed by atoms with E-state index in [0.717, 1.165) is 27.1 Å². The lowest BCUT2D eigenvalue weighted by Gasteiger charge is -2.11. The number of nitriles is 1. The van der Waals surface area contributed by atoms with Gasteiger partial charge >= 0.3 is 5.97 Å². The van der Waals surface area contributed by atoms with Crippen molar-refractivity contribution in [2.45, 2.75) is 45.9 Å². The highest BCUT2D eigenvalue weighted by atomic mass is 32.2. The molecule has 0 fully saturated rings. The molecule has 34 heavy (non-hydrogen) atoms. The Labute approximate surface area is 205 Å². The molecule has 0 spiro atoms. The van der Waals surface area contributed by atoms with E-state index in [1.54, 1.807) is 20.8 Å². The van der Waals surface area contributed by atoms with Gasteiger partial charge in [-0.1, -0.05) is 49.4 Å². The van der Waals surface area contributed by atoms with E-state index in [1.165, 1.54) is 11.3 Å². The molecule has 178 valence electrons. The Morgan fingerprint density at radius 1 is 1.09 bits per heavy atom. The van der Waals surface area contributed by atoms with Crippen LogP contribution in [-0.4, -0.2) is 26.2 Å². The van der Waals surface area contributed by atoms with E-state index in [2.05, 4.69) is 10.8 Å². The molecule has 1 heterocycles. The van der Waals surface area contributed by atoms with Gasteiger partial charge in [-0.25, -0.2) is 17.9 Å². The number of nitrogens with zero attached hydrogens (tertiary/aromatic N) is 1. The fraction of sp³-hybridized carbons (Fsp3) is 0.308. The minimum atomic E-state index is -3.35. The van der Waals surface area contributed by atoms with Gasteiger partial charge in [-0.2, -0.15) is 5.26 Å². The molecule has 0 amide bonds. The third-order valence-corrected chi connectivity index (χ3v) is 8.51. The molecule has 2 aromatic carbocycles. The van der Waals surface area contributed by atoms with E-state index in [9.17, 15) is 18.5 Å². The van der Waals surface area contributed by atoms with Crippen LogP contribution in [0.1, 0.15) is 53.4 Å². The molecule has 0 aliphatic carbocycles. The number of hydrogen-bond acceptors (Lipinski definition) is 6. The maximum Gasteiger partial charge on any atom is 0.348 e. The van der Waals surface area contributed by atoms with Crippen LogP contribution in [0.3, 0.4) is 0 Å². The Bertz CT molecular complexity index is 1320. The van der Waals surface area contributed by atoms with Crippen molar-refractivity contribution in [3.8, 4) is 28.3 Å². The second-order valence-electron chi connectivity index (χ2n) is 7.98. The van der Waals surface area contributed by atoms with Gasteiger partial charge in [0, 0.05) is 17.0 Å². The summed E-state index contributed by atoms with van der Waals surface area (Å²) in [5.74, 6) is -0.417. The van der Waals surface area contributed by atoms with E-state index in [1.807, 2.05) is 55.5 Å². The molecule has 0 radical (unpaired) electrons. The number of rotatable bonds is 9. The minimum absolute atomic E-state index is 0.218. The van der Waals surface area contributed by atoms with E-state index in [0.29, 0.717) is 22.4 Å². The predicted molar refractivity (Wildman–Crippen MR) is 136 cm³/mol. The lowest BCUT2D eigenvalue weighted by atomic mass is 9.96. The number of thiophene rings is 1. The number of carbonyl (C=O) groups is 1. The normalized spacial score (nSPS) is 11.4. The minimum Gasteiger partial charge on any atom is -0.462 e. The molecular formula is C26H28N2O4S2. The van der Waals surface area contributed by atoms with Gasteiger partial charge in [-0.3, -0.25) is 0 Å². The van der Waals surface area contributed by atoms with Crippen molar-refractivity contribution in [2.24, 2.45) is 0 Å². The molecule has 1 N–H and O–H groups in total. The summed E-state index contributed by atoms with van der Waals surface area (Å²) in [4.78, 5) is 13.9. The lowest BCUT2D eigenvalue weighted by Crippen LogP contribution is -2.30. The van der Waals surface area contributed by atoms with Crippen molar-refractivity contribution < 1.29 is 17.9 Å². The molecule has 0 aliphatic rings. The molecule has 8 heteroatoms. The smallest absolute Gasteiger partial charge is 0.348 e. The van der Waals surface area contributed by atoms with Crippen molar-refractivity contribution in [1.29, 1.82) is 5.26 Å². The highest BCUT2D eigenvalue weighted by Gasteiger charge is 2.24. The van der Waals surface area contributed by atoms with Crippen molar-refractivity contribution in [1.82, 2.24) is 4.72 Å². The van der Waals surface area contributed by atoms with Crippen molar-refractivity contribution >= 4 is 27.3 Å². The molecule has 0 atom stereocenters. The van der Waals surface area contributed by atoms with Crippen molar-refractivity contribution in [3.63, 3.8) is 0 Å². The summed E-state index contributed by atoms with van der Waals surface area (Å²) >= 11 is 1.31. The Morgan fingerprint density at radius 2 is 1.76 bits per heavy atom. The van der Waals surface area contributed by atoms with Gasteiger partial charge in [-0.05, 0) is 55.5 Å². The number of sulfonamides is 1. The van der Waals surface area contributed by atoms with E-state index < -0.39 is 21.2 Å². The zero-order valence-electron chi connectivity index (χ0n) is 19.7. The van der Waals surface area contributed by atoms with Crippen LogP contribution in [0.2, 0.25) is 0 Å². The Balaban J connectivity index is 1.93. The number of aryl methyl sites for hydroxylation is 1. The first-order valence-corrected chi connectivity index (χ1v) is 13.5. The van der Waals surface area contributed by atoms with Crippen LogP contribution < -0.4 is 4.72 Å². The molecule has 6 nitrogen and oxygen atoms in total. The van der Waals surface area contributed by atoms with Gasteiger partial charge in [0.05, 0.1) is 17.4 Å². The molecule has 0 bridgehead atoms. The zero-order valence-corrected chi connectivity index (χ0v) is 21.3. The fourth-order valence-corrected chi connectivity index (χ4v) is 5.31. The number of benzene rings is 2. The molecule has 3 aromatic rings. The summed E-state index contributed by atoms with van der Waals surface area (Å²) < 4.78 is 32.0. The first-order valence-electron chi connectivity index (χ1n) is 11.1. The van der Waals surface area contributed by atoms with Crippen LogP contribution in [-0.2, 0) is 27.7 Å². The first-order chi connectivity index (χ1) is 16.2. The maximum absolute atomic E-state index is 12.6. The molecule has 0 saturated heterocycles. The average molecular weight is 497 g/mol. The van der Waals surface area contributed by atoms with Crippen LogP contribution in [0.15, 0.2) is 48.5 Å². The predicted octanol–water partition coefficient (Wildman–Crippen LogP) is 5.52. The highest BCUT2D eigenvalue weighted by molar-refractivity contribution is 7.90. The third kappa shape index (κ3) is 5.55. The fourth-order valence-electron chi connectivity index (χ4n) is 3.50. The van der Waals surface area contributed by atoms with Crippen LogP contribution in [0.25, 0.3) is 22.3 Å². The molecule has 0 saturated carbocycles. The summed E-state index contributed by atoms with van der Waals surface area (Å²) in [6.07, 6.45) is 0.658. The number of hydrogen-bond donors (Lipinski definition) is 1. The topological polar surface area (TPSA) is 96.3 Å². The Hall–Kier alpha value is -2.99. The van der Waals surface area contributed by atoms with Crippen molar-refractivity contribution in [2.75, 3.05) is 6.61 Å². The van der Waals surface area contributed by atoms with Crippen LogP contribution in [0.5, 0.6) is 0 Å². The van der Waals surface area contributed by atoms with Gasteiger partial charge in [0.1, 0.15) is 10.9 Å². The lowest BCUT2D eigenvalue weighted by molar-refractivity contribution is 0.0533. The third-order valence-electron chi connectivity index (χ3n) is 5.41. The quantitative estimate of drug-likeness (QED) is 0.394. The van der Waals surface area contributed by atoms with Crippen LogP contribution in [0, 0.1) is 11.3 Å². The monoisotopic (exact) mass is 496 g/mol. The van der Waals surface area contributed by atoms with Crippen LogP contribution in [0.4, 0.5) is 0 Å². The Kier molecular flexibility index (Phi) is 8.26. The summed E-state index contributed by atoms with van der Waals surface area (Å²) in [5.41, 5.74) is 4.65. The maximum atomic E-state index is 12.6. The number of nitrogens with one attached hydrogen (secondary N) is 1. The first kappa shape index (κ1) is 25.6. The number of carbonyl (C=O) groups excluding carboxylic acids is 1. The second-order valence-corrected chi connectivity index (χ2v) is 11.4. The van der Waals surface area contributed by atoms with Gasteiger partial charge in [0.2, 0.25) is 10.0 Å². The van der Waals surface area contributed by atoms with Crippen molar-refractivity contribution in [3.05, 3.63) is 69.4 Å². The summed E-state index contributed by atoms with van der Waals surface area (Å²) in [5, 5.41) is 9.28. The summed E-state index contributed by atoms with van der Waals surface area (Å²) in [6, 6.07) is 17.6. The van der Waals surface area contributed by atoms with Gasteiger partial charge < -0.3 is 4.74 Å². The van der Waals surface area contributed by atoms with E-state index >= 15 is 0 Å². The largest absolute Gasteiger partial charge is 0.462 e. The SMILES string of the molecule is CCOC(=O)c1sc(CC)c(C#N)c1-c1ccc(-c2cccc(CNS(=O)(=O)C(C)C)c2)cc1. The Morgan fingerprint density at radius 3 is 2.35 bits per heavy atom. The number of ether oxygens (including phenoxy) is 1. The zero-order chi connectivity index (χ0) is 24.9. The van der Waals surface area contributed by atoms with E-state index in [4.69, 9.17) is 4.74 Å². The second kappa shape index (κ2) is 11.0.